The molecule has 1 heterocycles. The molecule has 0 aliphatic carbocycles. The van der Waals surface area contributed by atoms with Crippen LogP contribution in [0, 0.1) is 6.92 Å². The molecule has 0 spiro atoms. The number of pyridine rings is 1. The van der Waals surface area contributed by atoms with Gasteiger partial charge in [0.25, 0.3) is 0 Å². The second kappa shape index (κ2) is 4.43. The molecule has 5 heteroatoms. The zero-order valence-corrected chi connectivity index (χ0v) is 10.6. The molecule has 1 aromatic carbocycles. The van der Waals surface area contributed by atoms with Crippen molar-refractivity contribution in [2.24, 2.45) is 0 Å². The summed E-state index contributed by atoms with van der Waals surface area (Å²) in [5.74, 6) is 0. The number of nitrogens with two attached hydrogens (primary N) is 1. The Morgan fingerprint density at radius 3 is 2.53 bits per heavy atom. The Morgan fingerprint density at radius 1 is 1.18 bits per heavy atom. The molecule has 0 amide bonds. The van der Waals surface area contributed by atoms with Crippen LogP contribution in [0.5, 0.6) is 0 Å². The molecule has 17 heavy (non-hydrogen) atoms. The van der Waals surface area contributed by atoms with Gasteiger partial charge < -0.3 is 10.3 Å². The van der Waals surface area contributed by atoms with E-state index >= 15 is 0 Å². The van der Waals surface area contributed by atoms with Crippen LogP contribution in [0.4, 0.5) is 5.69 Å². The molecule has 0 aliphatic heterocycles. The van der Waals surface area contributed by atoms with E-state index in [-0.39, 0.29) is 11.1 Å². The molecule has 0 bridgehead atoms. The number of anilines is 1. The summed E-state index contributed by atoms with van der Waals surface area (Å²) >= 11 is 11.8. The molecule has 0 radical (unpaired) electrons. The van der Waals surface area contributed by atoms with Crippen LogP contribution >= 0.6 is 23.2 Å². The van der Waals surface area contributed by atoms with Gasteiger partial charge in [-0.15, -0.1) is 0 Å². The first-order chi connectivity index (χ1) is 7.99. The van der Waals surface area contributed by atoms with Crippen LogP contribution in [-0.2, 0) is 0 Å². The SMILES string of the molecule is Cc1cc(=O)c(N)cn1-c1ccc(Cl)c(Cl)c1. The summed E-state index contributed by atoms with van der Waals surface area (Å²) < 4.78 is 1.79. The van der Waals surface area contributed by atoms with E-state index in [2.05, 4.69) is 0 Å². The summed E-state index contributed by atoms with van der Waals surface area (Å²) in [6, 6.07) is 6.72. The van der Waals surface area contributed by atoms with Gasteiger partial charge >= 0.3 is 0 Å². The predicted octanol–water partition coefficient (Wildman–Crippen LogP) is 3.03. The molecule has 0 atom stereocenters. The first kappa shape index (κ1) is 12.0. The van der Waals surface area contributed by atoms with Crippen molar-refractivity contribution < 1.29 is 0 Å². The van der Waals surface area contributed by atoms with Crippen molar-refractivity contribution in [3.05, 3.63) is 56.4 Å². The number of nitrogen functional groups attached to an aromatic ring is 1. The summed E-state index contributed by atoms with van der Waals surface area (Å²) in [5, 5.41) is 0.947. The normalized spacial score (nSPS) is 10.5. The number of aromatic nitrogens is 1. The number of benzene rings is 1. The summed E-state index contributed by atoms with van der Waals surface area (Å²) in [5.41, 5.74) is 7.21. The van der Waals surface area contributed by atoms with E-state index in [4.69, 9.17) is 28.9 Å². The van der Waals surface area contributed by atoms with Crippen LogP contribution in [0.2, 0.25) is 10.0 Å². The molecule has 1 aromatic heterocycles. The van der Waals surface area contributed by atoms with E-state index in [0.717, 1.165) is 11.4 Å². The minimum Gasteiger partial charge on any atom is -0.394 e. The maximum Gasteiger partial charge on any atom is 0.204 e. The third-order valence-corrected chi connectivity index (χ3v) is 3.19. The van der Waals surface area contributed by atoms with Gasteiger partial charge in [-0.25, -0.2) is 0 Å². The highest BCUT2D eigenvalue weighted by Crippen LogP contribution is 2.25. The molecule has 2 aromatic rings. The van der Waals surface area contributed by atoms with Crippen molar-refractivity contribution in [1.82, 2.24) is 4.57 Å². The minimum absolute atomic E-state index is 0.182. The monoisotopic (exact) mass is 268 g/mol. The minimum atomic E-state index is -0.182. The molecule has 2 N–H and O–H groups in total. The Labute approximate surface area is 108 Å². The molecule has 0 aliphatic rings. The largest absolute Gasteiger partial charge is 0.394 e. The van der Waals surface area contributed by atoms with E-state index < -0.39 is 0 Å². The maximum atomic E-state index is 11.4. The first-order valence-electron chi connectivity index (χ1n) is 4.93. The quantitative estimate of drug-likeness (QED) is 0.864. The van der Waals surface area contributed by atoms with Crippen molar-refractivity contribution in [3.8, 4) is 5.69 Å². The average Bonchev–Trinajstić information content (AvgIpc) is 2.27. The summed E-state index contributed by atoms with van der Waals surface area (Å²) in [6.07, 6.45) is 1.58. The Bertz CT molecular complexity index is 635. The fraction of sp³-hybridized carbons (Fsp3) is 0.0833. The van der Waals surface area contributed by atoms with Gasteiger partial charge in [-0.05, 0) is 25.1 Å². The van der Waals surface area contributed by atoms with Crippen molar-refractivity contribution in [1.29, 1.82) is 0 Å². The molecule has 0 saturated heterocycles. The van der Waals surface area contributed by atoms with E-state index in [0.29, 0.717) is 10.0 Å². The molecule has 88 valence electrons. The zero-order chi connectivity index (χ0) is 12.6. The number of hydrogen-bond acceptors (Lipinski definition) is 2. The predicted molar refractivity (Wildman–Crippen MR) is 71.2 cm³/mol. The van der Waals surface area contributed by atoms with Crippen LogP contribution in [0.3, 0.4) is 0 Å². The van der Waals surface area contributed by atoms with Gasteiger partial charge in [0, 0.05) is 23.6 Å². The van der Waals surface area contributed by atoms with Gasteiger partial charge in [-0.2, -0.15) is 0 Å². The van der Waals surface area contributed by atoms with E-state index in [1.54, 1.807) is 22.9 Å². The lowest BCUT2D eigenvalue weighted by atomic mass is 10.2. The fourth-order valence-electron chi connectivity index (χ4n) is 1.56. The summed E-state index contributed by atoms with van der Waals surface area (Å²) in [6.45, 7) is 1.82. The Kier molecular flexibility index (Phi) is 3.13. The highest BCUT2D eigenvalue weighted by molar-refractivity contribution is 6.42. The van der Waals surface area contributed by atoms with E-state index in [1.165, 1.54) is 6.07 Å². The average molecular weight is 269 g/mol. The third kappa shape index (κ3) is 2.30. The number of aryl methyl sites for hydroxylation is 1. The molecule has 0 saturated carbocycles. The molecule has 2 rings (SSSR count). The van der Waals surface area contributed by atoms with Gasteiger partial charge in [-0.3, -0.25) is 4.79 Å². The summed E-state index contributed by atoms with van der Waals surface area (Å²) in [4.78, 5) is 11.4. The Hall–Kier alpha value is -1.45. The number of hydrogen-bond donors (Lipinski definition) is 1. The zero-order valence-electron chi connectivity index (χ0n) is 9.08. The molecular weight excluding hydrogens is 259 g/mol. The second-order valence-electron chi connectivity index (χ2n) is 3.70. The van der Waals surface area contributed by atoms with Crippen molar-refractivity contribution >= 4 is 28.9 Å². The first-order valence-corrected chi connectivity index (χ1v) is 5.69. The highest BCUT2D eigenvalue weighted by atomic mass is 35.5. The molecule has 3 nitrogen and oxygen atoms in total. The summed E-state index contributed by atoms with van der Waals surface area (Å²) in [7, 11) is 0. The smallest absolute Gasteiger partial charge is 0.204 e. The molecular formula is C12H10Cl2N2O. The standard InChI is InChI=1S/C12H10Cl2N2O/c1-7-4-12(17)11(15)6-16(7)8-2-3-9(13)10(14)5-8/h2-6H,15H2,1H3. The lowest BCUT2D eigenvalue weighted by molar-refractivity contribution is 0.977. The second-order valence-corrected chi connectivity index (χ2v) is 4.52. The van der Waals surface area contributed by atoms with Crippen molar-refractivity contribution in [2.75, 3.05) is 5.73 Å². The van der Waals surface area contributed by atoms with E-state index in [1.807, 2.05) is 13.0 Å². The van der Waals surface area contributed by atoms with Crippen molar-refractivity contribution in [3.63, 3.8) is 0 Å². The van der Waals surface area contributed by atoms with Crippen LogP contribution in [0.1, 0.15) is 5.69 Å². The molecule has 0 unspecified atom stereocenters. The van der Waals surface area contributed by atoms with Gasteiger partial charge in [0.15, 0.2) is 0 Å². The number of halogens is 2. The van der Waals surface area contributed by atoms with Crippen molar-refractivity contribution in [2.45, 2.75) is 6.92 Å². The number of rotatable bonds is 1. The Balaban J connectivity index is 2.64. The Morgan fingerprint density at radius 2 is 1.88 bits per heavy atom. The fourth-order valence-corrected chi connectivity index (χ4v) is 1.85. The maximum absolute atomic E-state index is 11.4. The van der Waals surface area contributed by atoms with Gasteiger partial charge in [0.05, 0.1) is 15.7 Å². The van der Waals surface area contributed by atoms with Gasteiger partial charge in [0.2, 0.25) is 5.43 Å². The van der Waals surface area contributed by atoms with Gasteiger partial charge in [-0.1, -0.05) is 23.2 Å². The van der Waals surface area contributed by atoms with Crippen LogP contribution in [0.15, 0.2) is 35.3 Å². The lowest BCUT2D eigenvalue weighted by Crippen LogP contribution is -2.13. The van der Waals surface area contributed by atoms with Gasteiger partial charge in [0.1, 0.15) is 0 Å². The van der Waals surface area contributed by atoms with Crippen LogP contribution in [-0.4, -0.2) is 4.57 Å². The van der Waals surface area contributed by atoms with E-state index in [9.17, 15) is 4.79 Å². The third-order valence-electron chi connectivity index (χ3n) is 2.45. The molecule has 0 fully saturated rings. The topological polar surface area (TPSA) is 48.0 Å². The highest BCUT2D eigenvalue weighted by Gasteiger charge is 2.05. The van der Waals surface area contributed by atoms with Crippen LogP contribution in [0.25, 0.3) is 5.69 Å². The van der Waals surface area contributed by atoms with Crippen LogP contribution < -0.4 is 11.2 Å². The number of nitrogens with zero attached hydrogens (tertiary/aromatic N) is 1. The lowest BCUT2D eigenvalue weighted by Gasteiger charge is -2.12.